The fourth-order valence-corrected chi connectivity index (χ4v) is 6.12. The first-order valence-corrected chi connectivity index (χ1v) is 15.3. The average Bonchev–Trinajstić information content (AvgIpc) is 3.58. The Morgan fingerprint density at radius 1 is 1.00 bits per heavy atom. The summed E-state index contributed by atoms with van der Waals surface area (Å²) < 4.78 is 32.6. The molecule has 0 aliphatic rings. The van der Waals surface area contributed by atoms with Crippen molar-refractivity contribution in [2.75, 3.05) is 7.11 Å². The van der Waals surface area contributed by atoms with Gasteiger partial charge in [0.15, 0.2) is 0 Å². The molecule has 0 bridgehead atoms. The van der Waals surface area contributed by atoms with E-state index in [0.29, 0.717) is 15.8 Å². The maximum absolute atomic E-state index is 13.5. The number of halogens is 1. The fraction of sp³-hybridized carbons (Fsp3) is 0.192. The van der Waals surface area contributed by atoms with Crippen molar-refractivity contribution >= 4 is 56.6 Å². The van der Waals surface area contributed by atoms with E-state index in [0.717, 1.165) is 21.7 Å². The molecule has 2 unspecified atom stereocenters. The number of rotatable bonds is 11. The summed E-state index contributed by atoms with van der Waals surface area (Å²) in [6.45, 7) is 0. The number of alkyl carbamates (subject to hydrolysis) is 1. The molecular weight excluding hydrogens is 596 g/mol. The third-order valence-electron chi connectivity index (χ3n) is 5.61. The van der Waals surface area contributed by atoms with Gasteiger partial charge in [-0.25, -0.2) is 9.78 Å². The van der Waals surface area contributed by atoms with Gasteiger partial charge in [-0.3, -0.25) is 4.79 Å². The van der Waals surface area contributed by atoms with Crippen LogP contribution in [0.4, 0.5) is 4.79 Å². The van der Waals surface area contributed by atoms with E-state index in [9.17, 15) is 18.0 Å². The van der Waals surface area contributed by atoms with Gasteiger partial charge >= 0.3 is 16.4 Å². The minimum absolute atomic E-state index is 0.0585. The Labute approximate surface area is 244 Å². The number of carbonyl (C=O) groups is 2. The highest BCUT2D eigenvalue weighted by Gasteiger charge is 2.27. The molecule has 2 heterocycles. The van der Waals surface area contributed by atoms with Gasteiger partial charge in [0.05, 0.1) is 28.1 Å². The molecule has 2 aromatic carbocycles. The van der Waals surface area contributed by atoms with Crippen LogP contribution in [0.5, 0.6) is 5.75 Å². The molecule has 40 heavy (non-hydrogen) atoms. The molecule has 10 nitrogen and oxygen atoms in total. The van der Waals surface area contributed by atoms with Gasteiger partial charge in [-0.15, -0.1) is 22.7 Å². The van der Waals surface area contributed by atoms with E-state index in [2.05, 4.69) is 10.6 Å². The number of thiazole rings is 1. The molecule has 2 atom stereocenters. The number of aromatic nitrogens is 1. The first kappa shape index (κ1) is 29.5. The summed E-state index contributed by atoms with van der Waals surface area (Å²) in [7, 11) is -2.93. The number of hydrogen-bond donors (Lipinski definition) is 3. The summed E-state index contributed by atoms with van der Waals surface area (Å²) in [6.07, 6.45) is -0.176. The fourth-order valence-electron chi connectivity index (χ4n) is 3.80. The molecule has 0 saturated heterocycles. The van der Waals surface area contributed by atoms with Gasteiger partial charge < -0.3 is 19.6 Å². The van der Waals surface area contributed by atoms with Crippen LogP contribution in [0.25, 0.3) is 10.6 Å². The van der Waals surface area contributed by atoms with Gasteiger partial charge in [-0.1, -0.05) is 54.1 Å². The Morgan fingerprint density at radius 2 is 1.70 bits per heavy atom. The molecule has 4 N–H and O–H groups in total. The zero-order chi connectivity index (χ0) is 28.7. The standard InChI is InChI=1S/C26H25ClN4O6S3/c1-36-26(33)31-19(13-16-5-3-2-4-6-16)24(32)29-20(14-17-7-9-18(10-8-17)37-40(28,34)35)25-30-21(15-38-25)22-11-12-23(27)39-22/h2-12,15,19-20H,13-14H2,1H3,(H,29,32)(H,31,33)(H2,28,34,35). The van der Waals surface area contributed by atoms with Crippen molar-refractivity contribution in [1.82, 2.24) is 15.6 Å². The highest BCUT2D eigenvalue weighted by atomic mass is 35.5. The third-order valence-corrected chi connectivity index (χ3v) is 8.25. The van der Waals surface area contributed by atoms with E-state index < -0.39 is 34.4 Å². The Morgan fingerprint density at radius 3 is 2.33 bits per heavy atom. The number of ether oxygens (including phenoxy) is 1. The molecule has 0 aliphatic carbocycles. The van der Waals surface area contributed by atoms with Crippen LogP contribution in [0, 0.1) is 0 Å². The zero-order valence-electron chi connectivity index (χ0n) is 21.1. The highest BCUT2D eigenvalue weighted by Crippen LogP contribution is 2.33. The lowest BCUT2D eigenvalue weighted by atomic mass is 10.0. The van der Waals surface area contributed by atoms with E-state index in [4.69, 9.17) is 30.6 Å². The Bertz CT molecular complexity index is 1560. The van der Waals surface area contributed by atoms with Gasteiger partial charge in [-0.05, 0) is 41.8 Å². The number of thiophene rings is 1. The number of hydrogen-bond acceptors (Lipinski definition) is 9. The van der Waals surface area contributed by atoms with Crippen LogP contribution in [-0.2, 0) is 32.7 Å². The molecule has 0 radical (unpaired) electrons. The SMILES string of the molecule is COC(=O)NC(Cc1ccccc1)C(=O)NC(Cc1ccc(OS(N)(=O)=O)cc1)c1nc(-c2ccc(Cl)s2)cs1. The minimum Gasteiger partial charge on any atom is -0.453 e. The first-order valence-electron chi connectivity index (χ1n) is 11.8. The molecule has 2 amide bonds. The minimum atomic E-state index is -4.16. The predicted octanol–water partition coefficient (Wildman–Crippen LogP) is 4.47. The second-order valence-electron chi connectivity index (χ2n) is 8.54. The highest BCUT2D eigenvalue weighted by molar-refractivity contribution is 7.84. The summed E-state index contributed by atoms with van der Waals surface area (Å²) >= 11 is 8.87. The number of nitrogens with one attached hydrogen (secondary N) is 2. The Kier molecular flexibility index (Phi) is 9.76. The molecule has 0 aliphatic heterocycles. The van der Waals surface area contributed by atoms with Crippen molar-refractivity contribution in [3.8, 4) is 16.3 Å². The van der Waals surface area contributed by atoms with E-state index in [-0.39, 0.29) is 12.2 Å². The van der Waals surface area contributed by atoms with Crippen LogP contribution in [0.3, 0.4) is 0 Å². The van der Waals surface area contributed by atoms with Gasteiger partial charge in [0.25, 0.3) is 0 Å². The second-order valence-corrected chi connectivity index (χ2v) is 12.3. The van der Waals surface area contributed by atoms with Crippen LogP contribution in [-0.4, -0.2) is 38.6 Å². The Balaban J connectivity index is 1.60. The Hall–Kier alpha value is -3.49. The number of carbonyl (C=O) groups excluding carboxylic acids is 2. The van der Waals surface area contributed by atoms with Crippen LogP contribution in [0.15, 0.2) is 72.1 Å². The molecule has 0 spiro atoms. The molecule has 2 aromatic heterocycles. The van der Waals surface area contributed by atoms with Crippen molar-refractivity contribution in [3.05, 3.63) is 92.6 Å². The summed E-state index contributed by atoms with van der Waals surface area (Å²) in [5.74, 6) is -0.368. The van der Waals surface area contributed by atoms with Crippen LogP contribution in [0.2, 0.25) is 4.34 Å². The van der Waals surface area contributed by atoms with E-state index in [1.54, 1.807) is 18.2 Å². The number of benzene rings is 2. The summed E-state index contributed by atoms with van der Waals surface area (Å²) in [6, 6.07) is 17.7. The van der Waals surface area contributed by atoms with Gasteiger partial charge in [0.2, 0.25) is 5.91 Å². The molecule has 4 rings (SSSR count). The maximum Gasteiger partial charge on any atom is 0.407 e. The van der Waals surface area contributed by atoms with E-state index in [1.165, 1.54) is 41.9 Å². The smallest absolute Gasteiger partial charge is 0.407 e. The number of amides is 2. The average molecular weight is 621 g/mol. The molecule has 0 saturated carbocycles. The topological polar surface area (TPSA) is 150 Å². The lowest BCUT2D eigenvalue weighted by molar-refractivity contribution is -0.123. The van der Waals surface area contributed by atoms with Gasteiger partial charge in [0.1, 0.15) is 16.8 Å². The van der Waals surface area contributed by atoms with Crippen molar-refractivity contribution in [1.29, 1.82) is 0 Å². The maximum atomic E-state index is 13.5. The van der Waals surface area contributed by atoms with Crippen molar-refractivity contribution in [2.24, 2.45) is 5.14 Å². The summed E-state index contributed by atoms with van der Waals surface area (Å²) in [5.41, 5.74) is 2.34. The first-order chi connectivity index (χ1) is 19.1. The van der Waals surface area contributed by atoms with Gasteiger partial charge in [0, 0.05) is 11.8 Å². The normalized spacial score (nSPS) is 12.8. The quantitative estimate of drug-likeness (QED) is 0.224. The summed E-state index contributed by atoms with van der Waals surface area (Å²) in [5, 5.41) is 13.1. The number of nitrogens with two attached hydrogens (primary N) is 1. The third kappa shape index (κ3) is 8.50. The predicted molar refractivity (Wildman–Crippen MR) is 155 cm³/mol. The number of methoxy groups -OCH3 is 1. The van der Waals surface area contributed by atoms with Crippen molar-refractivity contribution in [2.45, 2.75) is 24.9 Å². The number of nitrogens with zero attached hydrogens (tertiary/aromatic N) is 1. The van der Waals surface area contributed by atoms with Crippen LogP contribution < -0.4 is 20.0 Å². The van der Waals surface area contributed by atoms with Gasteiger partial charge in [-0.2, -0.15) is 13.6 Å². The molecular formula is C26H25ClN4O6S3. The second kappa shape index (κ2) is 13.2. The van der Waals surface area contributed by atoms with E-state index >= 15 is 0 Å². The monoisotopic (exact) mass is 620 g/mol. The molecule has 210 valence electrons. The summed E-state index contributed by atoms with van der Waals surface area (Å²) in [4.78, 5) is 31.2. The largest absolute Gasteiger partial charge is 0.453 e. The lowest BCUT2D eigenvalue weighted by Gasteiger charge is -2.22. The van der Waals surface area contributed by atoms with E-state index in [1.807, 2.05) is 41.8 Å². The van der Waals surface area contributed by atoms with Crippen LogP contribution in [0.1, 0.15) is 22.2 Å². The molecule has 0 fully saturated rings. The molecule has 14 heteroatoms. The molecule has 4 aromatic rings. The van der Waals surface area contributed by atoms with Crippen LogP contribution >= 0.6 is 34.3 Å². The zero-order valence-corrected chi connectivity index (χ0v) is 24.3. The lowest BCUT2D eigenvalue weighted by Crippen LogP contribution is -2.49. The van der Waals surface area contributed by atoms with Crippen molar-refractivity contribution in [3.63, 3.8) is 0 Å². The van der Waals surface area contributed by atoms with Crippen molar-refractivity contribution < 1.29 is 26.9 Å².